The SMILES string of the molecule is CNC(=O)CCCC=CC[C@H]1[C@@H](OCc2ccc(-c3ccc(OC)cc3)cc2)CC(=O)[C@@H]1N1CCOCC1. The molecule has 7 heteroatoms. The summed E-state index contributed by atoms with van der Waals surface area (Å²) in [6.07, 6.45) is 7.61. The Kier molecular flexibility index (Phi) is 10.5. The van der Waals surface area contributed by atoms with Crippen molar-refractivity contribution in [3.63, 3.8) is 0 Å². The van der Waals surface area contributed by atoms with Gasteiger partial charge < -0.3 is 19.5 Å². The summed E-state index contributed by atoms with van der Waals surface area (Å²) in [5.74, 6) is 1.28. The fraction of sp³-hybridized carbons (Fsp3) is 0.484. The third-order valence-electron chi connectivity index (χ3n) is 7.52. The first-order valence-electron chi connectivity index (χ1n) is 13.6. The van der Waals surface area contributed by atoms with Gasteiger partial charge in [0.1, 0.15) is 5.75 Å². The van der Waals surface area contributed by atoms with Crippen LogP contribution in [0.2, 0.25) is 0 Å². The Labute approximate surface area is 226 Å². The van der Waals surface area contributed by atoms with Gasteiger partial charge in [-0.1, -0.05) is 48.6 Å². The van der Waals surface area contributed by atoms with Crippen molar-refractivity contribution in [3.8, 4) is 16.9 Å². The van der Waals surface area contributed by atoms with Gasteiger partial charge in [0.05, 0.1) is 39.1 Å². The molecule has 3 atom stereocenters. The number of morpholine rings is 1. The van der Waals surface area contributed by atoms with Crippen LogP contribution in [-0.2, 0) is 25.7 Å². The van der Waals surface area contributed by atoms with Gasteiger partial charge in [-0.15, -0.1) is 0 Å². The van der Waals surface area contributed by atoms with Gasteiger partial charge in [0, 0.05) is 38.9 Å². The van der Waals surface area contributed by atoms with Crippen LogP contribution in [0, 0.1) is 5.92 Å². The molecule has 1 amide bonds. The number of methoxy groups -OCH3 is 1. The second-order valence-corrected chi connectivity index (χ2v) is 9.97. The molecule has 0 aromatic heterocycles. The van der Waals surface area contributed by atoms with E-state index in [9.17, 15) is 9.59 Å². The molecule has 1 saturated heterocycles. The summed E-state index contributed by atoms with van der Waals surface area (Å²) in [7, 11) is 3.33. The molecule has 7 nitrogen and oxygen atoms in total. The average molecular weight is 521 g/mol. The van der Waals surface area contributed by atoms with E-state index in [1.165, 1.54) is 0 Å². The van der Waals surface area contributed by atoms with Crippen molar-refractivity contribution < 1.29 is 23.8 Å². The Bertz CT molecular complexity index is 1060. The molecule has 1 aliphatic heterocycles. The molecule has 1 saturated carbocycles. The number of ketones is 1. The Morgan fingerprint density at radius 3 is 2.39 bits per heavy atom. The van der Waals surface area contributed by atoms with E-state index in [0.717, 1.165) is 54.8 Å². The topological polar surface area (TPSA) is 77.1 Å². The highest BCUT2D eigenvalue weighted by Crippen LogP contribution is 2.34. The monoisotopic (exact) mass is 520 g/mol. The van der Waals surface area contributed by atoms with Crippen molar-refractivity contribution in [1.82, 2.24) is 10.2 Å². The molecule has 1 heterocycles. The van der Waals surface area contributed by atoms with Crippen LogP contribution in [0.4, 0.5) is 0 Å². The largest absolute Gasteiger partial charge is 0.497 e. The fourth-order valence-corrected chi connectivity index (χ4v) is 5.36. The highest BCUT2D eigenvalue weighted by molar-refractivity contribution is 5.87. The number of Topliss-reactive ketones (excluding diaryl/α,β-unsaturated/α-hetero) is 1. The standard InChI is InChI=1S/C31H40N2O5/c1-32-30(35)8-6-4-3-5-7-27-29(21-28(34)31(27)33-17-19-37-20-18-33)38-22-23-9-11-24(12-10-23)25-13-15-26(36-2)16-14-25/h3,5,9-16,27,29,31H,4,6-8,17-22H2,1-2H3,(H,32,35)/t27-,29-,31+/m0/s1. The van der Waals surface area contributed by atoms with E-state index < -0.39 is 0 Å². The van der Waals surface area contributed by atoms with E-state index in [1.807, 2.05) is 12.1 Å². The predicted octanol–water partition coefficient (Wildman–Crippen LogP) is 4.40. The van der Waals surface area contributed by atoms with Crippen LogP contribution >= 0.6 is 0 Å². The van der Waals surface area contributed by atoms with E-state index in [4.69, 9.17) is 14.2 Å². The van der Waals surface area contributed by atoms with Gasteiger partial charge in [0.15, 0.2) is 5.78 Å². The number of carbonyl (C=O) groups is 2. The van der Waals surface area contributed by atoms with Gasteiger partial charge in [-0.2, -0.15) is 0 Å². The summed E-state index contributed by atoms with van der Waals surface area (Å²) in [5.41, 5.74) is 3.36. The molecule has 1 aliphatic carbocycles. The Balaban J connectivity index is 1.37. The van der Waals surface area contributed by atoms with Gasteiger partial charge in [0.25, 0.3) is 0 Å². The zero-order valence-electron chi connectivity index (χ0n) is 22.6. The van der Waals surface area contributed by atoms with Crippen molar-refractivity contribution in [1.29, 1.82) is 0 Å². The summed E-state index contributed by atoms with van der Waals surface area (Å²) >= 11 is 0. The molecule has 0 bridgehead atoms. The van der Waals surface area contributed by atoms with E-state index in [1.54, 1.807) is 14.2 Å². The minimum absolute atomic E-state index is 0.0673. The zero-order valence-corrected chi connectivity index (χ0v) is 22.6. The first kappa shape index (κ1) is 28.0. The second-order valence-electron chi connectivity index (χ2n) is 9.97. The molecular formula is C31H40N2O5. The van der Waals surface area contributed by atoms with Gasteiger partial charge in [-0.3, -0.25) is 14.5 Å². The van der Waals surface area contributed by atoms with Gasteiger partial charge in [0.2, 0.25) is 5.91 Å². The summed E-state index contributed by atoms with van der Waals surface area (Å²) < 4.78 is 17.2. The number of benzene rings is 2. The van der Waals surface area contributed by atoms with E-state index >= 15 is 0 Å². The lowest BCUT2D eigenvalue weighted by molar-refractivity contribution is -0.124. The van der Waals surface area contributed by atoms with Crippen LogP contribution < -0.4 is 10.1 Å². The van der Waals surface area contributed by atoms with Gasteiger partial charge >= 0.3 is 0 Å². The van der Waals surface area contributed by atoms with Crippen LogP contribution in [0.25, 0.3) is 11.1 Å². The molecule has 0 unspecified atom stereocenters. The summed E-state index contributed by atoms with van der Waals surface area (Å²) in [6.45, 7) is 3.36. The fourth-order valence-electron chi connectivity index (χ4n) is 5.36. The number of amides is 1. The number of ether oxygens (including phenoxy) is 3. The molecule has 4 rings (SSSR count). The first-order valence-corrected chi connectivity index (χ1v) is 13.6. The molecule has 204 valence electrons. The third-order valence-corrected chi connectivity index (χ3v) is 7.52. The van der Waals surface area contributed by atoms with Crippen LogP contribution in [0.3, 0.4) is 0 Å². The molecule has 2 aliphatic rings. The smallest absolute Gasteiger partial charge is 0.219 e. The molecule has 0 spiro atoms. The van der Waals surface area contributed by atoms with E-state index in [-0.39, 0.29) is 29.8 Å². The number of carbonyl (C=O) groups excluding carboxylic acids is 2. The minimum atomic E-state index is -0.128. The van der Waals surface area contributed by atoms with E-state index in [0.29, 0.717) is 32.7 Å². The van der Waals surface area contributed by atoms with Crippen molar-refractivity contribution >= 4 is 11.7 Å². The Morgan fingerprint density at radius 1 is 1.05 bits per heavy atom. The van der Waals surface area contributed by atoms with Crippen LogP contribution in [0.1, 0.15) is 37.7 Å². The summed E-state index contributed by atoms with van der Waals surface area (Å²) in [5, 5.41) is 2.66. The lowest BCUT2D eigenvalue weighted by Gasteiger charge is -2.35. The molecule has 38 heavy (non-hydrogen) atoms. The van der Waals surface area contributed by atoms with Crippen LogP contribution in [0.5, 0.6) is 5.75 Å². The van der Waals surface area contributed by atoms with Gasteiger partial charge in [-0.05, 0) is 48.1 Å². The molecule has 2 aromatic rings. The highest BCUT2D eigenvalue weighted by Gasteiger charge is 2.45. The average Bonchev–Trinajstić information content (AvgIpc) is 3.28. The summed E-state index contributed by atoms with van der Waals surface area (Å²) in [6, 6.07) is 16.3. The number of hydrogen-bond acceptors (Lipinski definition) is 6. The molecule has 1 N–H and O–H groups in total. The number of nitrogens with zero attached hydrogens (tertiary/aromatic N) is 1. The van der Waals surface area contributed by atoms with Gasteiger partial charge in [-0.25, -0.2) is 0 Å². The van der Waals surface area contributed by atoms with Crippen molar-refractivity contribution in [2.24, 2.45) is 5.92 Å². The lowest BCUT2D eigenvalue weighted by Crippen LogP contribution is -2.49. The maximum absolute atomic E-state index is 13.2. The Hall–Kier alpha value is -3.00. The van der Waals surface area contributed by atoms with Crippen LogP contribution in [-0.4, -0.2) is 69.2 Å². The second kappa shape index (κ2) is 14.2. The normalized spacial score (nSPS) is 22.2. The number of hydrogen-bond donors (Lipinski definition) is 1. The summed E-state index contributed by atoms with van der Waals surface area (Å²) in [4.78, 5) is 26.9. The highest BCUT2D eigenvalue weighted by atomic mass is 16.5. The zero-order chi connectivity index (χ0) is 26.7. The van der Waals surface area contributed by atoms with E-state index in [2.05, 4.69) is 58.8 Å². The van der Waals surface area contributed by atoms with Crippen molar-refractivity contribution in [2.75, 3.05) is 40.5 Å². The first-order chi connectivity index (χ1) is 18.6. The lowest BCUT2D eigenvalue weighted by atomic mass is 9.95. The maximum atomic E-state index is 13.2. The number of allylic oxidation sites excluding steroid dienone is 2. The Morgan fingerprint density at radius 2 is 1.74 bits per heavy atom. The van der Waals surface area contributed by atoms with Crippen molar-refractivity contribution in [2.45, 2.75) is 50.9 Å². The minimum Gasteiger partial charge on any atom is -0.497 e. The third kappa shape index (κ3) is 7.53. The number of rotatable bonds is 12. The quantitative estimate of drug-likeness (QED) is 0.330. The maximum Gasteiger partial charge on any atom is 0.219 e. The molecule has 2 aromatic carbocycles. The molecular weight excluding hydrogens is 480 g/mol. The van der Waals surface area contributed by atoms with Crippen LogP contribution in [0.15, 0.2) is 60.7 Å². The number of unbranched alkanes of at least 4 members (excludes halogenated alkanes) is 1. The number of nitrogens with one attached hydrogen (secondary N) is 1. The predicted molar refractivity (Wildman–Crippen MR) is 148 cm³/mol. The van der Waals surface area contributed by atoms with Crippen molar-refractivity contribution in [3.05, 3.63) is 66.2 Å². The molecule has 2 fully saturated rings. The molecule has 0 radical (unpaired) electrons.